The van der Waals surface area contributed by atoms with Crippen molar-refractivity contribution in [2.24, 2.45) is 0 Å². The third-order valence-corrected chi connectivity index (χ3v) is 2.97. The van der Waals surface area contributed by atoms with Crippen LogP contribution in [0, 0.1) is 0 Å². The molecule has 5 heteroatoms. The van der Waals surface area contributed by atoms with Crippen molar-refractivity contribution in [3.05, 3.63) is 24.3 Å². The van der Waals surface area contributed by atoms with E-state index in [2.05, 4.69) is 6.58 Å². The topological polar surface area (TPSA) is 53.0 Å². The molecule has 2 atom stereocenters. The van der Waals surface area contributed by atoms with Crippen LogP contribution in [-0.4, -0.2) is 60.4 Å². The van der Waals surface area contributed by atoms with Crippen LogP contribution >= 0.6 is 0 Å². The fourth-order valence-electron chi connectivity index (χ4n) is 1.94. The van der Waals surface area contributed by atoms with Gasteiger partial charge in [0.1, 0.15) is 6.04 Å². The fourth-order valence-corrected chi connectivity index (χ4v) is 1.94. The molecule has 0 aliphatic carbocycles. The average Bonchev–Trinajstić information content (AvgIpc) is 2.28. The first-order valence-corrected chi connectivity index (χ1v) is 5.55. The Labute approximate surface area is 102 Å². The number of aliphatic carboxylic acids is 1. The van der Waals surface area contributed by atoms with Gasteiger partial charge >= 0.3 is 5.97 Å². The molecular weight excluding hydrogens is 220 g/mol. The molecule has 1 heterocycles. The lowest BCUT2D eigenvalue weighted by atomic mass is 9.99. The van der Waals surface area contributed by atoms with E-state index < -0.39 is 12.0 Å². The minimum Gasteiger partial charge on any atom is -0.480 e. The molecule has 0 saturated heterocycles. The van der Waals surface area contributed by atoms with Crippen LogP contribution in [0.2, 0.25) is 0 Å². The Morgan fingerprint density at radius 3 is 3.00 bits per heavy atom. The third-order valence-electron chi connectivity index (χ3n) is 2.97. The molecule has 0 bridgehead atoms. The summed E-state index contributed by atoms with van der Waals surface area (Å²) in [5.74, 6) is -0.819. The highest BCUT2D eigenvalue weighted by Gasteiger charge is 2.31. The van der Waals surface area contributed by atoms with Crippen molar-refractivity contribution in [3.63, 3.8) is 0 Å². The number of carboxylic acid groups (broad SMARTS) is 1. The Hall–Kier alpha value is -1.17. The highest BCUT2D eigenvalue weighted by Crippen LogP contribution is 2.19. The summed E-state index contributed by atoms with van der Waals surface area (Å²) in [6, 6.07) is -0.463. The van der Waals surface area contributed by atoms with Gasteiger partial charge in [0.05, 0.1) is 12.6 Å². The van der Waals surface area contributed by atoms with E-state index in [9.17, 15) is 4.79 Å². The number of hydroxylamine groups is 2. The minimum atomic E-state index is -0.819. The van der Waals surface area contributed by atoms with E-state index in [1.165, 1.54) is 0 Å². The summed E-state index contributed by atoms with van der Waals surface area (Å²) in [5, 5.41) is 10.8. The van der Waals surface area contributed by atoms with E-state index in [1.54, 1.807) is 29.2 Å². The van der Waals surface area contributed by atoms with Crippen LogP contribution in [0.4, 0.5) is 0 Å². The maximum absolute atomic E-state index is 11.0. The van der Waals surface area contributed by atoms with Crippen LogP contribution < -0.4 is 0 Å². The van der Waals surface area contributed by atoms with E-state index >= 15 is 0 Å². The molecule has 1 aliphatic rings. The number of carbonyl (C=O) groups is 1. The first-order valence-electron chi connectivity index (χ1n) is 5.55. The van der Waals surface area contributed by atoms with Crippen molar-refractivity contribution in [2.45, 2.75) is 19.0 Å². The zero-order valence-electron chi connectivity index (χ0n) is 10.6. The number of nitrogens with zero attached hydrogens (tertiary/aromatic N) is 2. The second-order valence-electron chi connectivity index (χ2n) is 4.28. The molecule has 0 saturated carbocycles. The van der Waals surface area contributed by atoms with Gasteiger partial charge in [0.2, 0.25) is 0 Å². The van der Waals surface area contributed by atoms with Gasteiger partial charge in [-0.05, 0) is 14.0 Å². The summed E-state index contributed by atoms with van der Waals surface area (Å²) in [4.78, 5) is 18.3. The van der Waals surface area contributed by atoms with Crippen molar-refractivity contribution in [2.75, 3.05) is 27.2 Å². The van der Waals surface area contributed by atoms with Crippen molar-refractivity contribution in [1.82, 2.24) is 9.96 Å². The van der Waals surface area contributed by atoms with Crippen LogP contribution in [0.25, 0.3) is 0 Å². The average molecular weight is 240 g/mol. The summed E-state index contributed by atoms with van der Waals surface area (Å²) in [6.45, 7) is 6.61. The van der Waals surface area contributed by atoms with Gasteiger partial charge in [0, 0.05) is 13.6 Å². The molecule has 0 radical (unpaired) electrons. The molecule has 0 fully saturated rings. The van der Waals surface area contributed by atoms with Crippen LogP contribution in [0.5, 0.6) is 0 Å². The van der Waals surface area contributed by atoms with Crippen molar-refractivity contribution >= 4 is 5.97 Å². The van der Waals surface area contributed by atoms with Gasteiger partial charge in [-0.3, -0.25) is 14.5 Å². The minimum absolute atomic E-state index is 0.0792. The van der Waals surface area contributed by atoms with E-state index in [4.69, 9.17) is 9.94 Å². The summed E-state index contributed by atoms with van der Waals surface area (Å²) >= 11 is 0. The van der Waals surface area contributed by atoms with Crippen molar-refractivity contribution < 1.29 is 14.7 Å². The normalized spacial score (nSPS) is 25.8. The number of hydrogen-bond donors (Lipinski definition) is 1. The SMILES string of the molecule is C=CCON(C)[C@H]1CN(C)[C@H](C(=O)O)C=C1C. The number of hydrogen-bond acceptors (Lipinski definition) is 4. The molecule has 0 aromatic carbocycles. The molecule has 1 N–H and O–H groups in total. The van der Waals surface area contributed by atoms with Crippen LogP contribution in [0.3, 0.4) is 0 Å². The fraction of sp³-hybridized carbons (Fsp3) is 0.583. The predicted molar refractivity (Wildman–Crippen MR) is 65.5 cm³/mol. The largest absolute Gasteiger partial charge is 0.480 e. The number of carboxylic acids is 1. The number of likely N-dealkylation sites (N-methyl/N-ethyl adjacent to an activating group) is 2. The van der Waals surface area contributed by atoms with Gasteiger partial charge in [-0.2, -0.15) is 5.06 Å². The van der Waals surface area contributed by atoms with Gasteiger partial charge in [-0.1, -0.05) is 17.7 Å². The first-order chi connectivity index (χ1) is 7.97. The van der Waals surface area contributed by atoms with Crippen LogP contribution in [0.1, 0.15) is 6.92 Å². The highest BCUT2D eigenvalue weighted by atomic mass is 16.7. The van der Waals surface area contributed by atoms with Crippen molar-refractivity contribution in [1.29, 1.82) is 0 Å². The number of rotatable bonds is 5. The van der Waals surface area contributed by atoms with E-state index in [1.807, 2.05) is 14.0 Å². The lowest BCUT2D eigenvalue weighted by Crippen LogP contribution is -2.50. The zero-order chi connectivity index (χ0) is 13.0. The molecule has 0 spiro atoms. The van der Waals surface area contributed by atoms with Gasteiger partial charge < -0.3 is 5.11 Å². The van der Waals surface area contributed by atoms with Crippen molar-refractivity contribution in [3.8, 4) is 0 Å². The molecule has 0 aromatic heterocycles. The third kappa shape index (κ3) is 3.39. The summed E-state index contributed by atoms with van der Waals surface area (Å²) < 4.78 is 0. The van der Waals surface area contributed by atoms with E-state index in [0.717, 1.165) is 5.57 Å². The molecule has 17 heavy (non-hydrogen) atoms. The molecule has 0 unspecified atom stereocenters. The Kier molecular flexibility index (Phi) is 4.86. The Morgan fingerprint density at radius 1 is 1.82 bits per heavy atom. The van der Waals surface area contributed by atoms with Gasteiger partial charge in [-0.25, -0.2) is 0 Å². The van der Waals surface area contributed by atoms with Crippen LogP contribution in [-0.2, 0) is 9.63 Å². The molecular formula is C12H20N2O3. The quantitative estimate of drug-likeness (QED) is 0.567. The summed E-state index contributed by atoms with van der Waals surface area (Å²) in [6.07, 6.45) is 3.45. The Balaban J connectivity index is 2.74. The zero-order valence-corrected chi connectivity index (χ0v) is 10.6. The lowest BCUT2D eigenvalue weighted by Gasteiger charge is -2.37. The maximum atomic E-state index is 11.0. The maximum Gasteiger partial charge on any atom is 0.324 e. The van der Waals surface area contributed by atoms with Gasteiger partial charge in [0.25, 0.3) is 0 Å². The molecule has 0 amide bonds. The van der Waals surface area contributed by atoms with Gasteiger partial charge in [-0.15, -0.1) is 6.58 Å². The standard InChI is InChI=1S/C12H20N2O3/c1-5-6-17-14(4)11-8-13(3)10(12(15)16)7-9(11)2/h5,7,10-11H,1,6,8H2,2-4H3,(H,15,16)/t10-,11-/m0/s1. The smallest absolute Gasteiger partial charge is 0.324 e. The molecule has 5 nitrogen and oxygen atoms in total. The molecule has 1 aliphatic heterocycles. The Bertz CT molecular complexity index is 328. The Morgan fingerprint density at radius 2 is 2.47 bits per heavy atom. The monoisotopic (exact) mass is 240 g/mol. The van der Waals surface area contributed by atoms with E-state index in [-0.39, 0.29) is 6.04 Å². The van der Waals surface area contributed by atoms with E-state index in [0.29, 0.717) is 13.2 Å². The second-order valence-corrected chi connectivity index (χ2v) is 4.28. The van der Waals surface area contributed by atoms with Crippen LogP contribution in [0.15, 0.2) is 24.3 Å². The summed E-state index contributed by atoms with van der Waals surface area (Å²) in [7, 11) is 3.65. The van der Waals surface area contributed by atoms with Gasteiger partial charge in [0.15, 0.2) is 0 Å². The summed E-state index contributed by atoms with van der Waals surface area (Å²) in [5.41, 5.74) is 1.02. The molecule has 0 aromatic rings. The highest BCUT2D eigenvalue weighted by molar-refractivity contribution is 5.76. The molecule has 96 valence electrons. The predicted octanol–water partition coefficient (Wildman–Crippen LogP) is 0.749. The molecule has 1 rings (SSSR count). The second kappa shape index (κ2) is 5.95. The lowest BCUT2D eigenvalue weighted by molar-refractivity contribution is -0.158. The first kappa shape index (κ1) is 13.9.